The lowest BCUT2D eigenvalue weighted by atomic mass is 10.0. The Bertz CT molecular complexity index is 1420. The molecular formula is C28H31BrN6O4. The standard InChI is InChI=1S/C28H31BrN6O4/c1-17-25-30-16-22(35(25)14-13-34(17)27(37)21-15-19(29)7-10-23(21)39-4)26(36)31-20-8-5-18(6-9-20)24-28(38)33(3)12-11-32(24)2/h5-10,15-17,24H,11-14H2,1-4H3,(H,31,36). The molecule has 1 fully saturated rings. The van der Waals surface area contributed by atoms with Crippen LogP contribution in [-0.4, -0.2) is 82.8 Å². The quantitative estimate of drug-likeness (QED) is 0.485. The second-order valence-corrected chi connectivity index (χ2v) is 10.8. The number of likely N-dealkylation sites (N-methyl/N-ethyl adjacent to an activating group) is 2. The van der Waals surface area contributed by atoms with E-state index in [9.17, 15) is 14.4 Å². The van der Waals surface area contributed by atoms with Crippen molar-refractivity contribution in [2.45, 2.75) is 25.6 Å². The number of imidazole rings is 1. The van der Waals surface area contributed by atoms with E-state index in [2.05, 4.69) is 26.2 Å². The molecule has 39 heavy (non-hydrogen) atoms. The van der Waals surface area contributed by atoms with Crippen molar-refractivity contribution in [2.75, 3.05) is 46.2 Å². The maximum atomic E-state index is 13.4. The molecule has 2 aromatic carbocycles. The van der Waals surface area contributed by atoms with Gasteiger partial charge in [-0.1, -0.05) is 28.1 Å². The van der Waals surface area contributed by atoms with Crippen molar-refractivity contribution in [3.05, 3.63) is 75.8 Å². The van der Waals surface area contributed by atoms with Crippen LogP contribution in [0, 0.1) is 0 Å². The molecule has 1 aromatic heterocycles. The number of amides is 3. The van der Waals surface area contributed by atoms with Crippen molar-refractivity contribution in [3.8, 4) is 5.75 Å². The van der Waals surface area contributed by atoms with Gasteiger partial charge in [0.15, 0.2) is 0 Å². The zero-order chi connectivity index (χ0) is 27.8. The molecule has 2 aliphatic heterocycles. The summed E-state index contributed by atoms with van der Waals surface area (Å²) < 4.78 is 8.05. The highest BCUT2D eigenvalue weighted by molar-refractivity contribution is 9.10. The molecular weight excluding hydrogens is 564 g/mol. The number of halogens is 1. The summed E-state index contributed by atoms with van der Waals surface area (Å²) in [6.45, 7) is 4.27. The van der Waals surface area contributed by atoms with Crippen LogP contribution in [0.2, 0.25) is 0 Å². The fraction of sp³-hybridized carbons (Fsp3) is 0.357. The first-order chi connectivity index (χ1) is 18.7. The molecule has 0 radical (unpaired) electrons. The molecule has 3 heterocycles. The Kier molecular flexibility index (Phi) is 7.46. The SMILES string of the molecule is COc1ccc(Br)cc1C(=O)N1CCn2c(C(=O)Nc3ccc(C4C(=O)N(C)CCN4C)cc3)cnc2C1C. The van der Waals surface area contributed by atoms with Crippen LogP contribution in [0.1, 0.15) is 51.2 Å². The predicted octanol–water partition coefficient (Wildman–Crippen LogP) is 3.57. The molecule has 10 nitrogen and oxygen atoms in total. The Morgan fingerprint density at radius 2 is 1.79 bits per heavy atom. The van der Waals surface area contributed by atoms with Gasteiger partial charge in [0, 0.05) is 43.4 Å². The number of fused-ring (bicyclic) bond motifs is 1. The van der Waals surface area contributed by atoms with Gasteiger partial charge in [-0.15, -0.1) is 0 Å². The highest BCUT2D eigenvalue weighted by Crippen LogP contribution is 2.31. The zero-order valence-corrected chi connectivity index (χ0v) is 23.9. The summed E-state index contributed by atoms with van der Waals surface area (Å²) in [5.74, 6) is 0.766. The lowest BCUT2D eigenvalue weighted by molar-refractivity contribution is -0.139. The van der Waals surface area contributed by atoms with Gasteiger partial charge in [0.2, 0.25) is 5.91 Å². The lowest BCUT2D eigenvalue weighted by Gasteiger charge is -2.37. The van der Waals surface area contributed by atoms with Crippen molar-refractivity contribution < 1.29 is 19.1 Å². The minimum absolute atomic E-state index is 0.0615. The third kappa shape index (κ3) is 5.04. The number of piperazine rings is 1. The predicted molar refractivity (Wildman–Crippen MR) is 150 cm³/mol. The normalized spacial score (nSPS) is 19.6. The fourth-order valence-corrected chi connectivity index (χ4v) is 5.61. The smallest absolute Gasteiger partial charge is 0.273 e. The number of methoxy groups -OCH3 is 1. The molecule has 0 bridgehead atoms. The summed E-state index contributed by atoms with van der Waals surface area (Å²) >= 11 is 3.43. The van der Waals surface area contributed by atoms with E-state index in [0.717, 1.165) is 16.6 Å². The van der Waals surface area contributed by atoms with E-state index in [-0.39, 0.29) is 29.8 Å². The molecule has 0 saturated carbocycles. The number of carbonyl (C=O) groups is 3. The largest absolute Gasteiger partial charge is 0.496 e. The number of nitrogens with zero attached hydrogens (tertiary/aromatic N) is 5. The first-order valence-electron chi connectivity index (χ1n) is 12.8. The van der Waals surface area contributed by atoms with Gasteiger partial charge in [0.05, 0.1) is 24.9 Å². The molecule has 2 aliphatic rings. The number of ether oxygens (including phenoxy) is 1. The average molecular weight is 595 g/mol. The van der Waals surface area contributed by atoms with E-state index in [0.29, 0.717) is 48.2 Å². The van der Waals surface area contributed by atoms with Crippen LogP contribution in [0.15, 0.2) is 53.1 Å². The molecule has 5 rings (SSSR count). The third-order valence-corrected chi connectivity index (χ3v) is 7.99. The van der Waals surface area contributed by atoms with E-state index >= 15 is 0 Å². The number of benzene rings is 2. The zero-order valence-electron chi connectivity index (χ0n) is 22.3. The number of hydrogen-bond donors (Lipinski definition) is 1. The molecule has 204 valence electrons. The molecule has 0 aliphatic carbocycles. The van der Waals surface area contributed by atoms with E-state index < -0.39 is 0 Å². The van der Waals surface area contributed by atoms with Gasteiger partial charge in [0.1, 0.15) is 23.3 Å². The van der Waals surface area contributed by atoms with Gasteiger partial charge in [0.25, 0.3) is 11.8 Å². The first-order valence-corrected chi connectivity index (χ1v) is 13.6. The Morgan fingerprint density at radius 1 is 1.05 bits per heavy atom. The second-order valence-electron chi connectivity index (χ2n) is 9.89. The van der Waals surface area contributed by atoms with Crippen molar-refractivity contribution in [1.82, 2.24) is 24.3 Å². The number of aromatic nitrogens is 2. The summed E-state index contributed by atoms with van der Waals surface area (Å²) in [6.07, 6.45) is 1.55. The average Bonchev–Trinajstić information content (AvgIpc) is 3.37. The third-order valence-electron chi connectivity index (χ3n) is 7.50. The number of hydrogen-bond acceptors (Lipinski definition) is 6. The summed E-state index contributed by atoms with van der Waals surface area (Å²) in [5, 5.41) is 2.94. The highest BCUT2D eigenvalue weighted by atomic mass is 79.9. The van der Waals surface area contributed by atoms with E-state index in [1.165, 1.54) is 7.11 Å². The van der Waals surface area contributed by atoms with E-state index in [1.54, 1.807) is 28.1 Å². The monoisotopic (exact) mass is 594 g/mol. The Labute approximate surface area is 235 Å². The van der Waals surface area contributed by atoms with Gasteiger partial charge < -0.3 is 24.4 Å². The lowest BCUT2D eigenvalue weighted by Crippen LogP contribution is -2.48. The second kappa shape index (κ2) is 10.8. The summed E-state index contributed by atoms with van der Waals surface area (Å²) in [4.78, 5) is 49.3. The van der Waals surface area contributed by atoms with E-state index in [4.69, 9.17) is 4.74 Å². The van der Waals surface area contributed by atoms with Crippen LogP contribution in [0.5, 0.6) is 5.75 Å². The fourth-order valence-electron chi connectivity index (χ4n) is 5.25. The van der Waals surface area contributed by atoms with Gasteiger partial charge in [-0.05, 0) is 49.9 Å². The summed E-state index contributed by atoms with van der Waals surface area (Å²) in [7, 11) is 5.30. The Morgan fingerprint density at radius 3 is 2.51 bits per heavy atom. The molecule has 1 N–H and O–H groups in total. The molecule has 11 heteroatoms. The molecule has 1 saturated heterocycles. The molecule has 3 aromatic rings. The molecule has 3 amide bonds. The maximum absolute atomic E-state index is 13.4. The van der Waals surface area contributed by atoms with Crippen molar-refractivity contribution >= 4 is 39.3 Å². The van der Waals surface area contributed by atoms with Crippen LogP contribution in [0.4, 0.5) is 5.69 Å². The van der Waals surface area contributed by atoms with Gasteiger partial charge in [-0.3, -0.25) is 19.3 Å². The number of rotatable bonds is 5. The molecule has 2 atom stereocenters. The summed E-state index contributed by atoms with van der Waals surface area (Å²) in [6, 6.07) is 12.0. The van der Waals surface area contributed by atoms with Crippen LogP contribution >= 0.6 is 15.9 Å². The minimum atomic E-state index is -0.334. The van der Waals surface area contributed by atoms with Crippen LogP contribution in [0.3, 0.4) is 0 Å². The minimum Gasteiger partial charge on any atom is -0.496 e. The Hall–Kier alpha value is -3.70. The molecule has 2 unspecified atom stereocenters. The van der Waals surface area contributed by atoms with Crippen molar-refractivity contribution in [3.63, 3.8) is 0 Å². The van der Waals surface area contributed by atoms with Crippen LogP contribution < -0.4 is 10.1 Å². The van der Waals surface area contributed by atoms with Gasteiger partial charge in [-0.2, -0.15) is 0 Å². The summed E-state index contributed by atoms with van der Waals surface area (Å²) in [5.41, 5.74) is 2.40. The van der Waals surface area contributed by atoms with E-state index in [1.807, 2.05) is 60.8 Å². The van der Waals surface area contributed by atoms with Crippen molar-refractivity contribution in [1.29, 1.82) is 0 Å². The number of carbonyl (C=O) groups excluding carboxylic acids is 3. The van der Waals surface area contributed by atoms with Crippen LogP contribution in [0.25, 0.3) is 0 Å². The Balaban J connectivity index is 1.30. The number of anilines is 1. The number of nitrogens with one attached hydrogen (secondary N) is 1. The highest BCUT2D eigenvalue weighted by Gasteiger charge is 2.34. The van der Waals surface area contributed by atoms with Gasteiger partial charge >= 0.3 is 0 Å². The topological polar surface area (TPSA) is 100 Å². The van der Waals surface area contributed by atoms with Crippen LogP contribution in [-0.2, 0) is 11.3 Å². The molecule has 0 spiro atoms. The van der Waals surface area contributed by atoms with Crippen molar-refractivity contribution in [2.24, 2.45) is 0 Å². The van der Waals surface area contributed by atoms with Gasteiger partial charge in [-0.25, -0.2) is 4.98 Å². The first kappa shape index (κ1) is 26.9. The maximum Gasteiger partial charge on any atom is 0.273 e.